The number of fused-ring (bicyclic) bond motifs is 1. The number of aromatic nitrogens is 2. The Kier molecular flexibility index (Phi) is 4.72. The van der Waals surface area contributed by atoms with Gasteiger partial charge in [0.05, 0.1) is 11.0 Å². The summed E-state index contributed by atoms with van der Waals surface area (Å²) in [4.78, 5) is 18.6. The van der Waals surface area contributed by atoms with Crippen molar-refractivity contribution >= 4 is 17.6 Å². The van der Waals surface area contributed by atoms with Gasteiger partial charge in [0, 0.05) is 30.6 Å². The minimum Gasteiger partial charge on any atom is -0.478 e. The highest BCUT2D eigenvalue weighted by atomic mass is 35.5. The molecule has 0 radical (unpaired) electrons. The number of hydrogen-bond donors (Lipinski definition) is 1. The van der Waals surface area contributed by atoms with E-state index in [9.17, 15) is 9.90 Å². The fourth-order valence-corrected chi connectivity index (χ4v) is 4.91. The summed E-state index contributed by atoms with van der Waals surface area (Å²) in [7, 11) is 0. The molecule has 1 aliphatic carbocycles. The number of hydrogen-bond acceptors (Lipinski definition) is 5. The van der Waals surface area contributed by atoms with E-state index in [1.54, 1.807) is 18.2 Å². The Morgan fingerprint density at radius 3 is 3.00 bits per heavy atom. The summed E-state index contributed by atoms with van der Waals surface area (Å²) in [6.07, 6.45) is 3.32. The van der Waals surface area contributed by atoms with Crippen molar-refractivity contribution in [2.75, 3.05) is 13.1 Å². The fourth-order valence-electron chi connectivity index (χ4n) is 4.68. The van der Waals surface area contributed by atoms with Crippen molar-refractivity contribution in [3.8, 4) is 0 Å². The quantitative estimate of drug-likeness (QED) is 0.829. The molecule has 0 bridgehead atoms. The first-order valence-electron chi connectivity index (χ1n) is 9.48. The van der Waals surface area contributed by atoms with Crippen molar-refractivity contribution < 1.29 is 14.4 Å². The number of aromatic carboxylic acids is 1. The highest BCUT2D eigenvalue weighted by Crippen LogP contribution is 2.50. The summed E-state index contributed by atoms with van der Waals surface area (Å²) in [5, 5.41) is 14.2. The Hall–Kier alpha value is -1.92. The van der Waals surface area contributed by atoms with Crippen molar-refractivity contribution in [2.24, 2.45) is 5.92 Å². The van der Waals surface area contributed by atoms with Gasteiger partial charge in [-0.1, -0.05) is 43.1 Å². The van der Waals surface area contributed by atoms with E-state index in [-0.39, 0.29) is 16.9 Å². The minimum atomic E-state index is -0.944. The van der Waals surface area contributed by atoms with Crippen molar-refractivity contribution in [2.45, 2.75) is 51.0 Å². The Morgan fingerprint density at radius 1 is 1.48 bits per heavy atom. The number of carboxylic acid groups (broad SMARTS) is 1. The molecule has 7 heteroatoms. The molecular formula is C20H24ClN3O3. The fraction of sp³-hybridized carbons (Fsp3) is 0.550. The third-order valence-electron chi connectivity index (χ3n) is 6.06. The summed E-state index contributed by atoms with van der Waals surface area (Å²) in [5.74, 6) is 1.24. The molecule has 2 aliphatic rings. The van der Waals surface area contributed by atoms with Crippen LogP contribution in [0.5, 0.6) is 0 Å². The molecule has 1 saturated heterocycles. The molecule has 144 valence electrons. The molecule has 2 aromatic rings. The Labute approximate surface area is 163 Å². The number of carboxylic acids is 1. The third kappa shape index (κ3) is 3.15. The van der Waals surface area contributed by atoms with Gasteiger partial charge in [0.25, 0.3) is 0 Å². The molecule has 2 fully saturated rings. The summed E-state index contributed by atoms with van der Waals surface area (Å²) in [6.45, 7) is 6.32. The smallest absolute Gasteiger partial charge is 0.336 e. The highest BCUT2D eigenvalue weighted by Gasteiger charge is 2.54. The van der Waals surface area contributed by atoms with E-state index in [0.29, 0.717) is 23.0 Å². The van der Waals surface area contributed by atoms with E-state index in [4.69, 9.17) is 21.1 Å². The lowest BCUT2D eigenvalue weighted by Crippen LogP contribution is -2.32. The zero-order valence-electron chi connectivity index (χ0n) is 15.6. The number of carbonyl (C=O) groups is 1. The van der Waals surface area contributed by atoms with Gasteiger partial charge >= 0.3 is 5.97 Å². The zero-order chi connectivity index (χ0) is 19.2. The lowest BCUT2D eigenvalue weighted by atomic mass is 9.80. The summed E-state index contributed by atoms with van der Waals surface area (Å²) >= 11 is 6.33. The van der Waals surface area contributed by atoms with E-state index in [0.717, 1.165) is 44.1 Å². The molecule has 0 unspecified atom stereocenters. The van der Waals surface area contributed by atoms with E-state index >= 15 is 0 Å². The van der Waals surface area contributed by atoms with Gasteiger partial charge in [-0.3, -0.25) is 4.90 Å². The van der Waals surface area contributed by atoms with Crippen LogP contribution in [0.2, 0.25) is 5.02 Å². The largest absolute Gasteiger partial charge is 0.478 e. The molecular weight excluding hydrogens is 366 g/mol. The maximum absolute atomic E-state index is 11.6. The lowest BCUT2D eigenvalue weighted by molar-refractivity contribution is 0.0694. The molecule has 2 atom stereocenters. The average Bonchev–Trinajstić information content (AvgIpc) is 3.29. The van der Waals surface area contributed by atoms with E-state index in [1.165, 1.54) is 0 Å². The van der Waals surface area contributed by atoms with Crippen LogP contribution in [0.3, 0.4) is 0 Å². The molecule has 1 aliphatic heterocycles. The van der Waals surface area contributed by atoms with Crippen LogP contribution in [0.1, 0.15) is 66.7 Å². The van der Waals surface area contributed by atoms with Gasteiger partial charge in [-0.15, -0.1) is 0 Å². The molecule has 1 aromatic heterocycles. The van der Waals surface area contributed by atoms with E-state index in [2.05, 4.69) is 23.9 Å². The zero-order valence-corrected chi connectivity index (χ0v) is 16.4. The minimum absolute atomic E-state index is 0.120. The van der Waals surface area contributed by atoms with Gasteiger partial charge in [-0.25, -0.2) is 4.79 Å². The second kappa shape index (κ2) is 6.91. The standard InChI is InChI=1S/C20H24ClN3O3/c1-12(2)17-22-19(27-23-17)20-8-4-5-13(20)9-24(11-20)10-15-14(18(25)26)6-3-7-16(15)21/h3,6-7,12-13H,4-5,8-11H2,1-2H3,(H,25,26)/t13-,20-/m0/s1. The van der Waals surface area contributed by atoms with Crippen LogP contribution in [0.4, 0.5) is 0 Å². The molecule has 27 heavy (non-hydrogen) atoms. The number of nitrogens with zero attached hydrogens (tertiary/aromatic N) is 3. The van der Waals surface area contributed by atoms with Gasteiger partial charge in [0.2, 0.25) is 5.89 Å². The van der Waals surface area contributed by atoms with Crippen LogP contribution in [0.25, 0.3) is 0 Å². The monoisotopic (exact) mass is 389 g/mol. The Balaban J connectivity index is 1.61. The predicted molar refractivity (Wildman–Crippen MR) is 101 cm³/mol. The topological polar surface area (TPSA) is 79.5 Å². The van der Waals surface area contributed by atoms with E-state index in [1.807, 2.05) is 0 Å². The van der Waals surface area contributed by atoms with Crippen LogP contribution in [-0.4, -0.2) is 39.2 Å². The van der Waals surface area contributed by atoms with Crippen LogP contribution in [0, 0.1) is 5.92 Å². The van der Waals surface area contributed by atoms with Crippen LogP contribution in [-0.2, 0) is 12.0 Å². The van der Waals surface area contributed by atoms with Crippen LogP contribution >= 0.6 is 11.6 Å². The van der Waals surface area contributed by atoms with Gasteiger partial charge in [0.1, 0.15) is 0 Å². The maximum Gasteiger partial charge on any atom is 0.336 e. The van der Waals surface area contributed by atoms with Crippen molar-refractivity contribution in [1.82, 2.24) is 15.0 Å². The highest BCUT2D eigenvalue weighted by molar-refractivity contribution is 6.31. The Bertz CT molecular complexity index is 866. The van der Waals surface area contributed by atoms with Gasteiger partial charge in [-0.05, 0) is 36.5 Å². The van der Waals surface area contributed by atoms with Crippen molar-refractivity contribution in [1.29, 1.82) is 0 Å². The van der Waals surface area contributed by atoms with Crippen LogP contribution in [0.15, 0.2) is 22.7 Å². The summed E-state index contributed by atoms with van der Waals surface area (Å²) in [5.41, 5.74) is 0.828. The van der Waals surface area contributed by atoms with E-state index < -0.39 is 5.97 Å². The first-order valence-corrected chi connectivity index (χ1v) is 9.85. The maximum atomic E-state index is 11.6. The number of halogens is 1. The predicted octanol–water partition coefficient (Wildman–Crippen LogP) is 4.10. The molecule has 1 N–H and O–H groups in total. The van der Waals surface area contributed by atoms with Gasteiger partial charge in [-0.2, -0.15) is 4.98 Å². The van der Waals surface area contributed by atoms with Gasteiger partial charge < -0.3 is 9.63 Å². The molecule has 0 amide bonds. The Morgan fingerprint density at radius 2 is 2.30 bits per heavy atom. The second-order valence-electron chi connectivity index (χ2n) is 8.10. The molecule has 6 nitrogen and oxygen atoms in total. The number of benzene rings is 1. The molecule has 2 heterocycles. The second-order valence-corrected chi connectivity index (χ2v) is 8.51. The lowest BCUT2D eigenvalue weighted by Gasteiger charge is -2.24. The molecule has 0 spiro atoms. The SMILES string of the molecule is CC(C)c1noc([C@]23CCC[C@H]2CN(Cc2c(Cl)cccc2C(=O)O)C3)n1. The third-order valence-corrected chi connectivity index (χ3v) is 6.41. The summed E-state index contributed by atoms with van der Waals surface area (Å²) in [6, 6.07) is 5.05. The van der Waals surface area contributed by atoms with Crippen LogP contribution < -0.4 is 0 Å². The number of rotatable bonds is 5. The molecule has 4 rings (SSSR count). The van der Waals surface area contributed by atoms with Gasteiger partial charge in [0.15, 0.2) is 5.82 Å². The van der Waals surface area contributed by atoms with Crippen molar-refractivity contribution in [3.63, 3.8) is 0 Å². The average molecular weight is 390 g/mol. The first-order chi connectivity index (χ1) is 12.9. The first kappa shape index (κ1) is 18.4. The summed E-state index contributed by atoms with van der Waals surface area (Å²) < 4.78 is 5.69. The van der Waals surface area contributed by atoms with Crippen molar-refractivity contribution in [3.05, 3.63) is 46.1 Å². The molecule has 1 aromatic carbocycles. The number of likely N-dealkylation sites (tertiary alicyclic amines) is 1. The molecule has 1 saturated carbocycles. The normalized spacial score (nSPS) is 25.3.